The first-order valence-electron chi connectivity index (χ1n) is 7.22. The number of ketones is 1. The molecule has 0 atom stereocenters. The minimum absolute atomic E-state index is 0.110. The third kappa shape index (κ3) is 3.77. The van der Waals surface area contributed by atoms with Crippen LogP contribution in [0.1, 0.15) is 42.3 Å². The molecule has 0 saturated heterocycles. The van der Waals surface area contributed by atoms with E-state index in [4.69, 9.17) is 4.74 Å². The maximum absolute atomic E-state index is 12.2. The molecule has 22 heavy (non-hydrogen) atoms. The molecule has 0 aromatic heterocycles. The number of Topliss-reactive ketones (excluding diaryl/α,β-unsaturated/α-hetero) is 1. The molecule has 2 nitrogen and oxygen atoms in total. The summed E-state index contributed by atoms with van der Waals surface area (Å²) in [5.74, 6) is 5.90. The Bertz CT molecular complexity index is 723. The summed E-state index contributed by atoms with van der Waals surface area (Å²) in [6.45, 7) is 6.50. The monoisotopic (exact) mass is 292 g/mol. The van der Waals surface area contributed by atoms with E-state index in [1.807, 2.05) is 18.2 Å². The van der Waals surface area contributed by atoms with Gasteiger partial charge >= 0.3 is 0 Å². The van der Waals surface area contributed by atoms with Crippen molar-refractivity contribution in [2.75, 3.05) is 7.11 Å². The summed E-state index contributed by atoms with van der Waals surface area (Å²) < 4.78 is 5.18. The predicted octanol–water partition coefficient (Wildman–Crippen LogP) is 4.23. The van der Waals surface area contributed by atoms with Gasteiger partial charge in [-0.3, -0.25) is 4.79 Å². The molecule has 112 valence electrons. The molecule has 2 aromatic rings. The van der Waals surface area contributed by atoms with Crippen LogP contribution in [0.2, 0.25) is 0 Å². The molecular weight excluding hydrogens is 272 g/mol. The van der Waals surface area contributed by atoms with Crippen LogP contribution in [0.3, 0.4) is 0 Å². The topological polar surface area (TPSA) is 26.3 Å². The van der Waals surface area contributed by atoms with Gasteiger partial charge in [-0.15, -0.1) is 0 Å². The number of para-hydroxylation sites is 1. The predicted molar refractivity (Wildman–Crippen MR) is 89.3 cm³/mol. The summed E-state index contributed by atoms with van der Waals surface area (Å²) in [6.07, 6.45) is 0. The molecule has 0 amide bonds. The van der Waals surface area contributed by atoms with Crippen molar-refractivity contribution in [1.29, 1.82) is 0 Å². The minimum Gasteiger partial charge on any atom is -0.496 e. The van der Waals surface area contributed by atoms with E-state index in [0.717, 1.165) is 5.56 Å². The van der Waals surface area contributed by atoms with Gasteiger partial charge in [-0.1, -0.05) is 51.0 Å². The number of carbonyl (C=O) groups excluding carboxylic acids is 1. The van der Waals surface area contributed by atoms with Crippen LogP contribution in [-0.2, 0) is 5.41 Å². The third-order valence-corrected chi connectivity index (χ3v) is 3.42. The smallest absolute Gasteiger partial charge is 0.239 e. The van der Waals surface area contributed by atoms with Gasteiger partial charge in [-0.25, -0.2) is 0 Å². The number of methoxy groups -OCH3 is 1. The van der Waals surface area contributed by atoms with Gasteiger partial charge in [0, 0.05) is 5.56 Å². The Kier molecular flexibility index (Phi) is 4.68. The van der Waals surface area contributed by atoms with Gasteiger partial charge in [0.05, 0.1) is 12.7 Å². The van der Waals surface area contributed by atoms with Gasteiger partial charge in [0.15, 0.2) is 0 Å². The van der Waals surface area contributed by atoms with E-state index in [1.54, 1.807) is 25.3 Å². The quantitative estimate of drug-likeness (QED) is 0.611. The molecule has 0 fully saturated rings. The SMILES string of the molecule is COc1ccccc1C(=O)C#Cc1ccc(C(C)(C)C)cc1. The van der Waals surface area contributed by atoms with Crippen LogP contribution in [0.15, 0.2) is 48.5 Å². The maximum Gasteiger partial charge on any atom is 0.239 e. The van der Waals surface area contributed by atoms with Gasteiger partial charge in [0.25, 0.3) is 0 Å². The van der Waals surface area contributed by atoms with Crippen molar-refractivity contribution < 1.29 is 9.53 Å². The fourth-order valence-corrected chi connectivity index (χ4v) is 2.08. The normalized spacial score (nSPS) is 10.5. The Balaban J connectivity index is 2.21. The van der Waals surface area contributed by atoms with Crippen LogP contribution in [-0.4, -0.2) is 12.9 Å². The highest BCUT2D eigenvalue weighted by Crippen LogP contribution is 2.22. The number of hydrogen-bond donors (Lipinski definition) is 0. The Morgan fingerprint density at radius 1 is 1.00 bits per heavy atom. The molecule has 0 bridgehead atoms. The molecule has 0 spiro atoms. The van der Waals surface area contributed by atoms with Crippen LogP contribution < -0.4 is 4.74 Å². The fourth-order valence-electron chi connectivity index (χ4n) is 2.08. The summed E-state index contributed by atoms with van der Waals surface area (Å²) >= 11 is 0. The minimum atomic E-state index is -0.239. The van der Waals surface area contributed by atoms with Gasteiger partial charge in [-0.2, -0.15) is 0 Å². The van der Waals surface area contributed by atoms with Crippen LogP contribution >= 0.6 is 0 Å². The first-order chi connectivity index (χ1) is 10.4. The average molecular weight is 292 g/mol. The van der Waals surface area contributed by atoms with Crippen LogP contribution in [0, 0.1) is 11.8 Å². The number of hydrogen-bond acceptors (Lipinski definition) is 2. The zero-order valence-electron chi connectivity index (χ0n) is 13.4. The lowest BCUT2D eigenvalue weighted by Gasteiger charge is -2.18. The molecule has 0 heterocycles. The Hall–Kier alpha value is -2.53. The second-order valence-electron chi connectivity index (χ2n) is 6.11. The van der Waals surface area contributed by atoms with E-state index in [0.29, 0.717) is 11.3 Å². The molecule has 2 heteroatoms. The summed E-state index contributed by atoms with van der Waals surface area (Å²) in [7, 11) is 1.55. The van der Waals surface area contributed by atoms with Crippen molar-refractivity contribution >= 4 is 5.78 Å². The standard InChI is InChI=1S/C20H20O2/c1-20(2,3)16-12-9-15(10-13-16)11-14-18(21)17-7-5-6-8-19(17)22-4/h5-10,12-13H,1-4H3. The average Bonchev–Trinajstić information content (AvgIpc) is 2.52. The first kappa shape index (κ1) is 15.9. The molecule has 0 unspecified atom stereocenters. The van der Waals surface area contributed by atoms with Gasteiger partial charge in [-0.05, 0) is 41.2 Å². The molecule has 0 saturated carbocycles. The van der Waals surface area contributed by atoms with Gasteiger partial charge in [0.1, 0.15) is 5.75 Å². The highest BCUT2D eigenvalue weighted by molar-refractivity contribution is 6.11. The van der Waals surface area contributed by atoms with Crippen molar-refractivity contribution in [1.82, 2.24) is 0 Å². The zero-order chi connectivity index (χ0) is 16.2. The molecular formula is C20H20O2. The van der Waals surface area contributed by atoms with E-state index >= 15 is 0 Å². The summed E-state index contributed by atoms with van der Waals surface area (Å²) in [5, 5.41) is 0. The van der Waals surface area contributed by atoms with Crippen molar-refractivity contribution in [3.63, 3.8) is 0 Å². The van der Waals surface area contributed by atoms with Crippen molar-refractivity contribution in [2.45, 2.75) is 26.2 Å². The summed E-state index contributed by atoms with van der Waals surface area (Å²) in [6, 6.07) is 15.1. The largest absolute Gasteiger partial charge is 0.496 e. The molecule has 0 aliphatic rings. The van der Waals surface area contributed by atoms with Crippen LogP contribution in [0.5, 0.6) is 5.75 Å². The van der Waals surface area contributed by atoms with E-state index in [9.17, 15) is 4.79 Å². The van der Waals surface area contributed by atoms with Crippen molar-refractivity contribution in [3.05, 3.63) is 65.2 Å². The molecule has 2 rings (SSSR count). The molecule has 0 aliphatic carbocycles. The second-order valence-corrected chi connectivity index (χ2v) is 6.11. The van der Waals surface area contributed by atoms with Crippen molar-refractivity contribution in [3.8, 4) is 17.6 Å². The van der Waals surface area contributed by atoms with Crippen LogP contribution in [0.25, 0.3) is 0 Å². The molecule has 0 N–H and O–H groups in total. The summed E-state index contributed by atoms with van der Waals surface area (Å²) in [5.41, 5.74) is 2.67. The lowest BCUT2D eigenvalue weighted by molar-refractivity contribution is 0.105. The molecule has 2 aromatic carbocycles. The maximum atomic E-state index is 12.2. The number of benzene rings is 2. The first-order valence-corrected chi connectivity index (χ1v) is 7.22. The van der Waals surface area contributed by atoms with E-state index in [-0.39, 0.29) is 11.2 Å². The third-order valence-electron chi connectivity index (χ3n) is 3.42. The Morgan fingerprint density at radius 2 is 1.64 bits per heavy atom. The number of ether oxygens (including phenoxy) is 1. The second kappa shape index (κ2) is 6.49. The fraction of sp³-hybridized carbons (Fsp3) is 0.250. The zero-order valence-corrected chi connectivity index (χ0v) is 13.4. The lowest BCUT2D eigenvalue weighted by Crippen LogP contribution is -2.10. The lowest BCUT2D eigenvalue weighted by atomic mass is 9.87. The Labute approximate surface area is 132 Å². The summed E-state index contributed by atoms with van der Waals surface area (Å²) in [4.78, 5) is 12.2. The Morgan fingerprint density at radius 3 is 2.23 bits per heavy atom. The number of carbonyl (C=O) groups is 1. The molecule has 0 radical (unpaired) electrons. The van der Waals surface area contributed by atoms with E-state index < -0.39 is 0 Å². The molecule has 0 aliphatic heterocycles. The van der Waals surface area contributed by atoms with Gasteiger partial charge < -0.3 is 4.74 Å². The highest BCUT2D eigenvalue weighted by atomic mass is 16.5. The van der Waals surface area contributed by atoms with E-state index in [2.05, 4.69) is 44.7 Å². The van der Waals surface area contributed by atoms with Crippen LogP contribution in [0.4, 0.5) is 0 Å². The van der Waals surface area contributed by atoms with E-state index in [1.165, 1.54) is 5.56 Å². The van der Waals surface area contributed by atoms with Gasteiger partial charge in [0.2, 0.25) is 5.78 Å². The number of rotatable bonds is 2. The highest BCUT2D eigenvalue weighted by Gasteiger charge is 2.12. The van der Waals surface area contributed by atoms with Crippen molar-refractivity contribution in [2.24, 2.45) is 0 Å².